The van der Waals surface area contributed by atoms with Gasteiger partial charge >= 0.3 is 0 Å². The Kier molecular flexibility index (Phi) is 5.49. The molecule has 0 unspecified atom stereocenters. The summed E-state index contributed by atoms with van der Waals surface area (Å²) in [6, 6.07) is 23.1. The van der Waals surface area contributed by atoms with Crippen LogP contribution in [0.2, 0.25) is 0 Å². The van der Waals surface area contributed by atoms with E-state index < -0.39 is 0 Å². The monoisotopic (exact) mass is 400 g/mol. The smallest absolute Gasteiger partial charge is 0.266 e. The number of hydrogen-bond acceptors (Lipinski definition) is 4. The molecule has 0 radical (unpaired) electrons. The summed E-state index contributed by atoms with van der Waals surface area (Å²) in [5, 5.41) is 0.600. The van der Waals surface area contributed by atoms with Crippen molar-refractivity contribution in [3.05, 3.63) is 94.5 Å². The quantitative estimate of drug-likeness (QED) is 0.427. The second-order valence-electron chi connectivity index (χ2n) is 6.43. The first-order valence-electron chi connectivity index (χ1n) is 9.18. The van der Waals surface area contributed by atoms with E-state index in [0.29, 0.717) is 16.7 Å². The number of nitrogens with zero attached hydrogens (tertiary/aromatic N) is 2. The highest BCUT2D eigenvalue weighted by Crippen LogP contribution is 2.20. The van der Waals surface area contributed by atoms with Crippen LogP contribution in [-0.2, 0) is 0 Å². The van der Waals surface area contributed by atoms with Gasteiger partial charge in [0.1, 0.15) is 11.6 Å². The predicted octanol–water partition coefficient (Wildman–Crippen LogP) is 5.29. The molecule has 29 heavy (non-hydrogen) atoms. The van der Waals surface area contributed by atoms with Crippen LogP contribution in [0, 0.1) is 0 Å². The van der Waals surface area contributed by atoms with Gasteiger partial charge in [0, 0.05) is 4.90 Å². The molecule has 1 heterocycles. The summed E-state index contributed by atoms with van der Waals surface area (Å²) in [7, 11) is 1.64. The maximum Gasteiger partial charge on any atom is 0.266 e. The summed E-state index contributed by atoms with van der Waals surface area (Å²) >= 11 is 1.67. The average molecular weight is 401 g/mol. The minimum atomic E-state index is -0.0816. The highest BCUT2D eigenvalue weighted by molar-refractivity contribution is 7.98. The van der Waals surface area contributed by atoms with E-state index in [1.165, 1.54) is 0 Å². The molecule has 0 N–H and O–H groups in total. The molecule has 0 fully saturated rings. The number of aromatic nitrogens is 2. The van der Waals surface area contributed by atoms with E-state index in [0.717, 1.165) is 21.9 Å². The topological polar surface area (TPSA) is 44.1 Å². The standard InChI is InChI=1S/C24H20N2O2S/c1-28-19-12-7-17(8-13-19)9-16-23-25-22-6-4-3-5-21(22)24(27)26(23)18-10-14-20(29-2)15-11-18/h3-16H,1-2H3/b16-9+. The molecule has 0 saturated heterocycles. The zero-order valence-electron chi connectivity index (χ0n) is 16.2. The number of rotatable bonds is 5. The summed E-state index contributed by atoms with van der Waals surface area (Å²) < 4.78 is 6.87. The van der Waals surface area contributed by atoms with Gasteiger partial charge in [-0.05, 0) is 66.4 Å². The van der Waals surface area contributed by atoms with Gasteiger partial charge in [0.25, 0.3) is 5.56 Å². The molecule has 0 aliphatic carbocycles. The van der Waals surface area contributed by atoms with Crippen LogP contribution >= 0.6 is 11.8 Å². The normalized spacial score (nSPS) is 11.2. The fourth-order valence-electron chi connectivity index (χ4n) is 3.13. The Balaban J connectivity index is 1.86. The van der Waals surface area contributed by atoms with Crippen molar-refractivity contribution in [2.24, 2.45) is 0 Å². The number of methoxy groups -OCH3 is 1. The highest BCUT2D eigenvalue weighted by Gasteiger charge is 2.11. The van der Waals surface area contributed by atoms with Gasteiger partial charge < -0.3 is 4.74 Å². The lowest BCUT2D eigenvalue weighted by Crippen LogP contribution is -2.22. The molecule has 0 spiro atoms. The molecule has 0 aliphatic heterocycles. The lowest BCUT2D eigenvalue weighted by atomic mass is 10.2. The Bertz CT molecular complexity index is 1230. The van der Waals surface area contributed by atoms with Gasteiger partial charge in [-0.15, -0.1) is 11.8 Å². The van der Waals surface area contributed by atoms with Crippen LogP contribution in [0.25, 0.3) is 28.7 Å². The molecule has 4 rings (SSSR count). The van der Waals surface area contributed by atoms with Crippen molar-refractivity contribution in [3.8, 4) is 11.4 Å². The zero-order chi connectivity index (χ0) is 20.2. The van der Waals surface area contributed by atoms with E-state index in [4.69, 9.17) is 9.72 Å². The zero-order valence-corrected chi connectivity index (χ0v) is 17.0. The van der Waals surface area contributed by atoms with Crippen LogP contribution in [-0.4, -0.2) is 22.9 Å². The second-order valence-corrected chi connectivity index (χ2v) is 7.31. The average Bonchev–Trinajstić information content (AvgIpc) is 2.78. The van der Waals surface area contributed by atoms with Crippen LogP contribution in [0.5, 0.6) is 5.75 Å². The molecule has 5 heteroatoms. The lowest BCUT2D eigenvalue weighted by Gasteiger charge is -2.12. The molecule has 0 atom stereocenters. The Labute approximate surface area is 173 Å². The Morgan fingerprint density at radius 3 is 2.34 bits per heavy atom. The van der Waals surface area contributed by atoms with E-state index in [1.54, 1.807) is 23.4 Å². The Morgan fingerprint density at radius 1 is 0.931 bits per heavy atom. The number of hydrogen-bond donors (Lipinski definition) is 0. The van der Waals surface area contributed by atoms with Gasteiger partial charge in [-0.1, -0.05) is 30.3 Å². The predicted molar refractivity (Wildman–Crippen MR) is 121 cm³/mol. The van der Waals surface area contributed by atoms with Crippen molar-refractivity contribution in [1.29, 1.82) is 0 Å². The van der Waals surface area contributed by atoms with Crippen molar-refractivity contribution >= 4 is 34.8 Å². The third-order valence-electron chi connectivity index (χ3n) is 4.67. The van der Waals surface area contributed by atoms with Gasteiger partial charge in [0.15, 0.2) is 0 Å². The molecule has 1 aromatic heterocycles. The largest absolute Gasteiger partial charge is 0.497 e. The van der Waals surface area contributed by atoms with Crippen LogP contribution in [0.4, 0.5) is 0 Å². The fourth-order valence-corrected chi connectivity index (χ4v) is 3.54. The molecule has 144 valence electrons. The van der Waals surface area contributed by atoms with Crippen LogP contribution in [0.15, 0.2) is 82.5 Å². The van der Waals surface area contributed by atoms with Gasteiger partial charge in [-0.2, -0.15) is 0 Å². The van der Waals surface area contributed by atoms with E-state index in [-0.39, 0.29) is 5.56 Å². The number of thioether (sulfide) groups is 1. The maximum absolute atomic E-state index is 13.3. The molecule has 0 bridgehead atoms. The number of ether oxygens (including phenoxy) is 1. The maximum atomic E-state index is 13.3. The first-order valence-corrected chi connectivity index (χ1v) is 10.4. The van der Waals surface area contributed by atoms with E-state index in [2.05, 4.69) is 0 Å². The summed E-state index contributed by atoms with van der Waals surface area (Å²) in [6.07, 6.45) is 5.85. The van der Waals surface area contributed by atoms with E-state index in [9.17, 15) is 4.79 Å². The molecule has 0 amide bonds. The Morgan fingerprint density at radius 2 is 1.66 bits per heavy atom. The minimum Gasteiger partial charge on any atom is -0.497 e. The van der Waals surface area contributed by atoms with Crippen molar-refractivity contribution in [3.63, 3.8) is 0 Å². The van der Waals surface area contributed by atoms with Gasteiger partial charge in [0.05, 0.1) is 23.7 Å². The van der Waals surface area contributed by atoms with Crippen molar-refractivity contribution in [2.75, 3.05) is 13.4 Å². The number of fused-ring (bicyclic) bond motifs is 1. The summed E-state index contributed by atoms with van der Waals surface area (Å²) in [6.45, 7) is 0. The third-order valence-corrected chi connectivity index (χ3v) is 5.42. The molecule has 4 aromatic rings. The fraction of sp³-hybridized carbons (Fsp3) is 0.0833. The van der Waals surface area contributed by atoms with Crippen molar-refractivity contribution < 1.29 is 4.74 Å². The van der Waals surface area contributed by atoms with Crippen LogP contribution < -0.4 is 10.3 Å². The van der Waals surface area contributed by atoms with E-state index >= 15 is 0 Å². The van der Waals surface area contributed by atoms with Crippen LogP contribution in [0.3, 0.4) is 0 Å². The van der Waals surface area contributed by atoms with Gasteiger partial charge in [0.2, 0.25) is 0 Å². The SMILES string of the molecule is COc1ccc(/C=C/c2nc3ccccc3c(=O)n2-c2ccc(SC)cc2)cc1. The third kappa shape index (κ3) is 3.96. The first-order chi connectivity index (χ1) is 14.2. The second kappa shape index (κ2) is 8.37. The highest BCUT2D eigenvalue weighted by atomic mass is 32.2. The summed E-state index contributed by atoms with van der Waals surface area (Å²) in [5.41, 5.74) is 2.39. The van der Waals surface area contributed by atoms with Crippen LogP contribution in [0.1, 0.15) is 11.4 Å². The van der Waals surface area contributed by atoms with E-state index in [1.807, 2.05) is 91.2 Å². The van der Waals surface area contributed by atoms with Crippen molar-refractivity contribution in [2.45, 2.75) is 4.90 Å². The molecule has 4 nitrogen and oxygen atoms in total. The number of para-hydroxylation sites is 1. The number of benzene rings is 3. The van der Waals surface area contributed by atoms with Gasteiger partial charge in [-0.3, -0.25) is 9.36 Å². The molecule has 0 aliphatic rings. The summed E-state index contributed by atoms with van der Waals surface area (Å²) in [4.78, 5) is 19.2. The minimum absolute atomic E-state index is 0.0816. The lowest BCUT2D eigenvalue weighted by molar-refractivity contribution is 0.415. The first kappa shape index (κ1) is 19.0. The summed E-state index contributed by atoms with van der Waals surface area (Å²) in [5.74, 6) is 1.39. The molecule has 3 aromatic carbocycles. The van der Waals surface area contributed by atoms with Gasteiger partial charge in [-0.25, -0.2) is 4.98 Å². The molecular formula is C24H20N2O2S. The molecule has 0 saturated carbocycles. The Hall–Kier alpha value is -3.31. The molecular weight excluding hydrogens is 380 g/mol. The van der Waals surface area contributed by atoms with Crippen molar-refractivity contribution in [1.82, 2.24) is 9.55 Å².